The zero-order chi connectivity index (χ0) is 17.1. The van der Waals surface area contributed by atoms with Crippen LogP contribution in [0, 0.1) is 0 Å². The van der Waals surface area contributed by atoms with E-state index in [1.54, 1.807) is 24.5 Å². The highest BCUT2D eigenvalue weighted by atomic mass is 16.5. The molecule has 2 saturated heterocycles. The minimum absolute atomic E-state index is 0.0157. The Labute approximate surface area is 146 Å². The van der Waals surface area contributed by atoms with Gasteiger partial charge in [-0.2, -0.15) is 4.98 Å². The maximum absolute atomic E-state index is 12.6. The van der Waals surface area contributed by atoms with Crippen molar-refractivity contribution in [2.24, 2.45) is 0 Å². The predicted molar refractivity (Wildman–Crippen MR) is 89.2 cm³/mol. The van der Waals surface area contributed by atoms with Crippen LogP contribution >= 0.6 is 0 Å². The zero-order valence-corrected chi connectivity index (χ0v) is 14.1. The third-order valence-electron chi connectivity index (χ3n) is 5.01. The number of rotatable bonds is 3. The number of hydrogen-bond donors (Lipinski definition) is 0. The van der Waals surface area contributed by atoms with Crippen LogP contribution in [0.3, 0.4) is 0 Å². The van der Waals surface area contributed by atoms with Gasteiger partial charge in [-0.3, -0.25) is 9.78 Å². The minimum Gasteiger partial charge on any atom is -0.381 e. The molecule has 0 N–H and O–H groups in total. The van der Waals surface area contributed by atoms with E-state index in [0.29, 0.717) is 23.9 Å². The van der Waals surface area contributed by atoms with Gasteiger partial charge in [0.05, 0.1) is 11.5 Å². The molecule has 7 heteroatoms. The molecule has 132 valence electrons. The van der Waals surface area contributed by atoms with Gasteiger partial charge < -0.3 is 14.2 Å². The van der Waals surface area contributed by atoms with Crippen LogP contribution in [0.2, 0.25) is 0 Å². The van der Waals surface area contributed by atoms with Crippen molar-refractivity contribution in [3.63, 3.8) is 0 Å². The molecule has 4 heterocycles. The molecular weight excluding hydrogens is 320 g/mol. The first-order valence-electron chi connectivity index (χ1n) is 8.92. The molecule has 1 atom stereocenters. The molecule has 0 aliphatic carbocycles. The fourth-order valence-electron chi connectivity index (χ4n) is 3.57. The predicted octanol–water partition coefficient (Wildman–Crippen LogP) is 2.38. The number of ether oxygens (including phenoxy) is 1. The Kier molecular flexibility index (Phi) is 4.74. The molecule has 0 spiro atoms. The molecule has 2 fully saturated rings. The van der Waals surface area contributed by atoms with Crippen molar-refractivity contribution in [3.8, 4) is 0 Å². The SMILES string of the molecule is O=C(c1cccnc1)N1CCCC(c2nc(C3CCOCC3)no2)C1. The van der Waals surface area contributed by atoms with Gasteiger partial charge in [0.25, 0.3) is 5.91 Å². The Balaban J connectivity index is 1.44. The summed E-state index contributed by atoms with van der Waals surface area (Å²) >= 11 is 0. The largest absolute Gasteiger partial charge is 0.381 e. The number of carbonyl (C=O) groups is 1. The molecule has 0 radical (unpaired) electrons. The summed E-state index contributed by atoms with van der Waals surface area (Å²) in [6, 6.07) is 3.59. The van der Waals surface area contributed by atoms with Crippen LogP contribution in [0.25, 0.3) is 0 Å². The molecule has 2 aromatic heterocycles. The van der Waals surface area contributed by atoms with E-state index in [0.717, 1.165) is 51.3 Å². The average molecular weight is 342 g/mol. The lowest BCUT2D eigenvalue weighted by atomic mass is 9.97. The molecule has 2 aliphatic rings. The van der Waals surface area contributed by atoms with E-state index in [1.165, 1.54) is 0 Å². The van der Waals surface area contributed by atoms with Crippen LogP contribution in [0.15, 0.2) is 29.0 Å². The molecule has 2 aliphatic heterocycles. The summed E-state index contributed by atoms with van der Waals surface area (Å²) in [6.45, 7) is 2.88. The van der Waals surface area contributed by atoms with Crippen molar-refractivity contribution in [1.82, 2.24) is 20.0 Å². The lowest BCUT2D eigenvalue weighted by Crippen LogP contribution is -2.39. The first-order valence-corrected chi connectivity index (χ1v) is 8.92. The van der Waals surface area contributed by atoms with Crippen molar-refractivity contribution in [3.05, 3.63) is 41.8 Å². The van der Waals surface area contributed by atoms with E-state index >= 15 is 0 Å². The van der Waals surface area contributed by atoms with E-state index in [9.17, 15) is 4.79 Å². The number of carbonyl (C=O) groups excluding carboxylic acids is 1. The second-order valence-corrected chi connectivity index (χ2v) is 6.71. The standard InChI is InChI=1S/C18H22N4O3/c23-18(14-3-1-7-19-11-14)22-8-2-4-15(12-22)17-20-16(21-25-17)13-5-9-24-10-6-13/h1,3,7,11,13,15H,2,4-6,8-10,12H2. The summed E-state index contributed by atoms with van der Waals surface area (Å²) < 4.78 is 10.9. The van der Waals surface area contributed by atoms with Crippen LogP contribution in [0.5, 0.6) is 0 Å². The highest BCUT2D eigenvalue weighted by Crippen LogP contribution is 2.30. The van der Waals surface area contributed by atoms with Gasteiger partial charge >= 0.3 is 0 Å². The summed E-state index contributed by atoms with van der Waals surface area (Å²) in [4.78, 5) is 23.2. The van der Waals surface area contributed by atoms with Crippen molar-refractivity contribution >= 4 is 5.91 Å². The van der Waals surface area contributed by atoms with Crippen molar-refractivity contribution in [2.45, 2.75) is 37.5 Å². The molecule has 1 unspecified atom stereocenters. The monoisotopic (exact) mass is 342 g/mol. The smallest absolute Gasteiger partial charge is 0.255 e. The molecule has 0 saturated carbocycles. The lowest BCUT2D eigenvalue weighted by Gasteiger charge is -2.31. The minimum atomic E-state index is 0.0157. The Hall–Kier alpha value is -2.28. The van der Waals surface area contributed by atoms with Gasteiger partial charge in [-0.05, 0) is 37.8 Å². The fraction of sp³-hybridized carbons (Fsp3) is 0.556. The normalized spacial score (nSPS) is 22.1. The van der Waals surface area contributed by atoms with Gasteiger partial charge in [0, 0.05) is 44.6 Å². The third kappa shape index (κ3) is 3.56. The fourth-order valence-corrected chi connectivity index (χ4v) is 3.57. The summed E-state index contributed by atoms with van der Waals surface area (Å²) in [5.74, 6) is 1.89. The maximum atomic E-state index is 12.6. The molecule has 25 heavy (non-hydrogen) atoms. The number of nitrogens with zero attached hydrogens (tertiary/aromatic N) is 4. The summed E-state index contributed by atoms with van der Waals surface area (Å²) in [7, 11) is 0. The number of hydrogen-bond acceptors (Lipinski definition) is 6. The van der Waals surface area contributed by atoms with Crippen LogP contribution in [-0.4, -0.2) is 52.2 Å². The molecular formula is C18H22N4O3. The van der Waals surface area contributed by atoms with Crippen LogP contribution < -0.4 is 0 Å². The van der Waals surface area contributed by atoms with Gasteiger partial charge in [0.15, 0.2) is 5.82 Å². The Morgan fingerprint density at radius 1 is 1.20 bits per heavy atom. The molecule has 4 rings (SSSR count). The number of amides is 1. The summed E-state index contributed by atoms with van der Waals surface area (Å²) in [5, 5.41) is 4.19. The van der Waals surface area contributed by atoms with Crippen molar-refractivity contribution < 1.29 is 14.1 Å². The van der Waals surface area contributed by atoms with Crippen LogP contribution in [0.1, 0.15) is 59.6 Å². The molecule has 0 aromatic carbocycles. The van der Waals surface area contributed by atoms with Crippen LogP contribution in [-0.2, 0) is 4.74 Å². The highest BCUT2D eigenvalue weighted by Gasteiger charge is 2.30. The van der Waals surface area contributed by atoms with E-state index in [4.69, 9.17) is 9.26 Å². The summed E-state index contributed by atoms with van der Waals surface area (Å²) in [5.41, 5.74) is 0.622. The molecule has 1 amide bonds. The van der Waals surface area contributed by atoms with E-state index in [2.05, 4.69) is 15.1 Å². The van der Waals surface area contributed by atoms with Gasteiger partial charge in [-0.25, -0.2) is 0 Å². The van der Waals surface area contributed by atoms with Gasteiger partial charge in [0.1, 0.15) is 0 Å². The maximum Gasteiger partial charge on any atom is 0.255 e. The average Bonchev–Trinajstić information content (AvgIpc) is 3.19. The summed E-state index contributed by atoms with van der Waals surface area (Å²) in [6.07, 6.45) is 7.07. The van der Waals surface area contributed by atoms with Crippen molar-refractivity contribution in [1.29, 1.82) is 0 Å². The first-order chi connectivity index (χ1) is 12.3. The Morgan fingerprint density at radius 2 is 2.08 bits per heavy atom. The molecule has 7 nitrogen and oxygen atoms in total. The Bertz CT molecular complexity index is 712. The molecule has 2 aromatic rings. The van der Waals surface area contributed by atoms with E-state index < -0.39 is 0 Å². The highest BCUT2D eigenvalue weighted by molar-refractivity contribution is 5.93. The number of piperidine rings is 1. The first kappa shape index (κ1) is 16.2. The zero-order valence-electron chi connectivity index (χ0n) is 14.1. The van der Waals surface area contributed by atoms with E-state index in [-0.39, 0.29) is 11.8 Å². The van der Waals surface area contributed by atoms with E-state index in [1.807, 2.05) is 4.90 Å². The van der Waals surface area contributed by atoms with Crippen LogP contribution in [0.4, 0.5) is 0 Å². The topological polar surface area (TPSA) is 81.4 Å². The van der Waals surface area contributed by atoms with Gasteiger partial charge in [-0.15, -0.1) is 0 Å². The number of aromatic nitrogens is 3. The third-order valence-corrected chi connectivity index (χ3v) is 5.01. The van der Waals surface area contributed by atoms with Gasteiger partial charge in [0.2, 0.25) is 5.89 Å². The van der Waals surface area contributed by atoms with Gasteiger partial charge in [-0.1, -0.05) is 5.16 Å². The quantitative estimate of drug-likeness (QED) is 0.852. The molecule has 0 bridgehead atoms. The second-order valence-electron chi connectivity index (χ2n) is 6.71. The lowest BCUT2D eigenvalue weighted by molar-refractivity contribution is 0.0695. The number of pyridine rings is 1. The van der Waals surface area contributed by atoms with Crippen molar-refractivity contribution in [2.75, 3.05) is 26.3 Å². The number of likely N-dealkylation sites (tertiary alicyclic amines) is 1. The Morgan fingerprint density at radius 3 is 2.88 bits per heavy atom. The second kappa shape index (κ2) is 7.31.